The molecule has 2 aliphatic rings. The van der Waals surface area contributed by atoms with Crippen molar-refractivity contribution in [3.8, 4) is 5.75 Å². The number of amides is 2. The third-order valence-corrected chi connectivity index (χ3v) is 7.78. The van der Waals surface area contributed by atoms with E-state index < -0.39 is 11.7 Å². The van der Waals surface area contributed by atoms with Gasteiger partial charge in [-0.1, -0.05) is 18.6 Å². The topological polar surface area (TPSA) is 67.7 Å². The number of hydrogen-bond acceptors (Lipinski definition) is 6. The Labute approximate surface area is 222 Å². The highest BCUT2D eigenvalue weighted by Gasteiger charge is 2.35. The quantitative estimate of drug-likeness (QED) is 0.359. The van der Waals surface area contributed by atoms with Crippen LogP contribution in [0.2, 0.25) is 0 Å². The lowest BCUT2D eigenvalue weighted by molar-refractivity contribution is -0.138. The van der Waals surface area contributed by atoms with Gasteiger partial charge in [-0.05, 0) is 79.2 Å². The molecule has 7 nitrogen and oxygen atoms in total. The Hall–Kier alpha value is -3.31. The molecule has 0 unspecified atom stereocenters. The number of hydrogen-bond donors (Lipinski definition) is 0. The van der Waals surface area contributed by atoms with Gasteiger partial charge in [0.25, 0.3) is 11.1 Å². The number of halogens is 3. The molecule has 2 amide bonds. The average Bonchev–Trinajstić information content (AvgIpc) is 3.42. The van der Waals surface area contributed by atoms with Crippen molar-refractivity contribution in [3.05, 3.63) is 64.2 Å². The van der Waals surface area contributed by atoms with Gasteiger partial charge in [0.15, 0.2) is 0 Å². The molecule has 0 bridgehead atoms. The highest BCUT2D eigenvalue weighted by Crippen LogP contribution is 2.36. The smallest absolute Gasteiger partial charge is 0.416 e. The first-order valence-electron chi connectivity index (χ1n) is 12.4. The molecule has 0 N–H and O–H groups in total. The summed E-state index contributed by atoms with van der Waals surface area (Å²) in [5, 5.41) is 4.74. The van der Waals surface area contributed by atoms with Gasteiger partial charge in [0.2, 0.25) is 0 Å². The lowest BCUT2D eigenvalue weighted by atomic mass is 10.1. The van der Waals surface area contributed by atoms with Gasteiger partial charge in [-0.15, -0.1) is 0 Å². The number of nitrogens with zero attached hydrogens (tertiary/aromatic N) is 4. The van der Waals surface area contributed by atoms with E-state index in [1.54, 1.807) is 30.5 Å². The second kappa shape index (κ2) is 10.8. The van der Waals surface area contributed by atoms with Crippen LogP contribution in [0, 0.1) is 0 Å². The van der Waals surface area contributed by atoms with Gasteiger partial charge in [-0.25, -0.2) is 0 Å². The van der Waals surface area contributed by atoms with Crippen molar-refractivity contribution in [2.75, 3.05) is 33.3 Å². The Kier molecular flexibility index (Phi) is 7.49. The van der Waals surface area contributed by atoms with E-state index in [0.29, 0.717) is 34.5 Å². The second-order valence-electron chi connectivity index (χ2n) is 9.38. The zero-order chi connectivity index (χ0) is 26.9. The number of piperidine rings is 1. The SMILES string of the molecule is COc1ccc(Cn2ncc3cc(/C=C4\SC(=O)N(CCN5CCCCC5)C4=O)ccc32)c(C(F)(F)F)c1. The Bertz CT molecular complexity index is 1400. The normalized spacial score (nSPS) is 18.2. The number of aromatic nitrogens is 2. The summed E-state index contributed by atoms with van der Waals surface area (Å²) in [7, 11) is 1.32. The summed E-state index contributed by atoms with van der Waals surface area (Å²) in [4.78, 5) is 29.3. The number of rotatable bonds is 7. The Morgan fingerprint density at radius 3 is 2.58 bits per heavy atom. The minimum absolute atomic E-state index is 0.0718. The minimum Gasteiger partial charge on any atom is -0.497 e. The van der Waals surface area contributed by atoms with E-state index in [-0.39, 0.29) is 29.0 Å². The van der Waals surface area contributed by atoms with Crippen LogP contribution in [-0.2, 0) is 17.5 Å². The number of carbonyl (C=O) groups is 2. The van der Waals surface area contributed by atoms with Gasteiger partial charge in [0.1, 0.15) is 5.75 Å². The molecule has 0 atom stereocenters. The molecule has 2 aliphatic heterocycles. The van der Waals surface area contributed by atoms with E-state index in [9.17, 15) is 22.8 Å². The summed E-state index contributed by atoms with van der Waals surface area (Å²) in [6, 6.07) is 9.20. The van der Waals surface area contributed by atoms with Crippen molar-refractivity contribution in [1.29, 1.82) is 0 Å². The van der Waals surface area contributed by atoms with Crippen LogP contribution in [0.1, 0.15) is 36.0 Å². The molecule has 0 saturated carbocycles. The van der Waals surface area contributed by atoms with Crippen molar-refractivity contribution in [2.45, 2.75) is 32.0 Å². The number of ether oxygens (including phenoxy) is 1. The third-order valence-electron chi connectivity index (χ3n) is 6.87. The van der Waals surface area contributed by atoms with E-state index >= 15 is 0 Å². The van der Waals surface area contributed by atoms with E-state index in [4.69, 9.17) is 4.74 Å². The second-order valence-corrected chi connectivity index (χ2v) is 10.4. The molecule has 0 aliphatic carbocycles. The monoisotopic (exact) mass is 544 g/mol. The third kappa shape index (κ3) is 5.58. The van der Waals surface area contributed by atoms with Crippen LogP contribution in [0.4, 0.5) is 18.0 Å². The van der Waals surface area contributed by atoms with Crippen LogP contribution >= 0.6 is 11.8 Å². The van der Waals surface area contributed by atoms with Gasteiger partial charge >= 0.3 is 6.18 Å². The van der Waals surface area contributed by atoms with Crippen LogP contribution < -0.4 is 4.74 Å². The molecule has 3 aromatic rings. The predicted octanol–water partition coefficient (Wildman–Crippen LogP) is 5.63. The van der Waals surface area contributed by atoms with Crippen LogP contribution in [-0.4, -0.2) is 64.0 Å². The number of benzene rings is 2. The van der Waals surface area contributed by atoms with Crippen LogP contribution in [0.3, 0.4) is 0 Å². The molecule has 1 aromatic heterocycles. The molecule has 11 heteroatoms. The molecule has 38 heavy (non-hydrogen) atoms. The molecule has 200 valence electrons. The van der Waals surface area contributed by atoms with Gasteiger partial charge in [-0.2, -0.15) is 18.3 Å². The van der Waals surface area contributed by atoms with Crippen LogP contribution in [0.25, 0.3) is 17.0 Å². The van der Waals surface area contributed by atoms with Gasteiger partial charge in [0, 0.05) is 18.5 Å². The number of likely N-dealkylation sites (tertiary alicyclic amines) is 1. The Balaban J connectivity index is 1.32. The maximum Gasteiger partial charge on any atom is 0.416 e. The van der Waals surface area contributed by atoms with Gasteiger partial charge < -0.3 is 9.64 Å². The van der Waals surface area contributed by atoms with E-state index in [2.05, 4.69) is 10.00 Å². The first-order chi connectivity index (χ1) is 18.2. The largest absolute Gasteiger partial charge is 0.497 e. The van der Waals surface area contributed by atoms with Crippen molar-refractivity contribution < 1.29 is 27.5 Å². The summed E-state index contributed by atoms with van der Waals surface area (Å²) < 4.78 is 47.4. The molecular formula is C27H27F3N4O3S. The molecule has 2 fully saturated rings. The number of fused-ring (bicyclic) bond motifs is 1. The molecule has 0 radical (unpaired) electrons. The average molecular weight is 545 g/mol. The lowest BCUT2D eigenvalue weighted by Crippen LogP contribution is -2.39. The number of thioether (sulfide) groups is 1. The zero-order valence-corrected chi connectivity index (χ0v) is 21.6. The molecule has 2 aromatic carbocycles. The van der Waals surface area contributed by atoms with E-state index in [1.807, 2.05) is 0 Å². The fraction of sp³-hybridized carbons (Fsp3) is 0.370. The van der Waals surface area contributed by atoms with Crippen molar-refractivity contribution in [2.24, 2.45) is 0 Å². The summed E-state index contributed by atoms with van der Waals surface area (Å²) >= 11 is 0.925. The summed E-state index contributed by atoms with van der Waals surface area (Å²) in [5.74, 6) is -0.168. The predicted molar refractivity (Wildman–Crippen MR) is 140 cm³/mol. The van der Waals surface area contributed by atoms with Gasteiger partial charge in [0.05, 0.1) is 35.8 Å². The first kappa shape index (κ1) is 26.3. The fourth-order valence-electron chi connectivity index (χ4n) is 4.84. The van der Waals surface area contributed by atoms with Crippen molar-refractivity contribution in [3.63, 3.8) is 0 Å². The fourth-order valence-corrected chi connectivity index (χ4v) is 5.70. The summed E-state index contributed by atoms with van der Waals surface area (Å²) in [5.41, 5.74) is 0.665. The molecule has 3 heterocycles. The first-order valence-corrected chi connectivity index (χ1v) is 13.2. The molecular weight excluding hydrogens is 517 g/mol. The zero-order valence-electron chi connectivity index (χ0n) is 20.8. The maximum absolute atomic E-state index is 13.6. The van der Waals surface area contributed by atoms with E-state index in [0.717, 1.165) is 43.8 Å². The summed E-state index contributed by atoms with van der Waals surface area (Å²) in [6.07, 6.45) is 2.23. The standard InChI is InChI=1S/C27H27F3N4O3S/c1-37-21-7-6-19(22(15-21)27(28,29)30)17-34-23-8-5-18(13-20(23)16-31-34)14-24-25(35)33(26(36)38-24)12-11-32-9-3-2-4-10-32/h5-8,13-16H,2-4,9-12,17H2,1H3/b24-14-. The number of imide groups is 1. The molecule has 2 saturated heterocycles. The Morgan fingerprint density at radius 1 is 1.05 bits per heavy atom. The van der Waals surface area contributed by atoms with E-state index in [1.165, 1.54) is 35.2 Å². The minimum atomic E-state index is -4.53. The van der Waals surface area contributed by atoms with Crippen LogP contribution in [0.15, 0.2) is 47.5 Å². The number of methoxy groups -OCH3 is 1. The number of alkyl halides is 3. The van der Waals surface area contributed by atoms with Gasteiger partial charge in [-0.3, -0.25) is 19.2 Å². The van der Waals surface area contributed by atoms with Crippen LogP contribution in [0.5, 0.6) is 5.75 Å². The summed E-state index contributed by atoms with van der Waals surface area (Å²) in [6.45, 7) is 2.98. The highest BCUT2D eigenvalue weighted by molar-refractivity contribution is 8.18. The lowest BCUT2D eigenvalue weighted by Gasteiger charge is -2.27. The Morgan fingerprint density at radius 2 is 1.84 bits per heavy atom. The van der Waals surface area contributed by atoms with Crippen molar-refractivity contribution >= 4 is 39.9 Å². The molecule has 0 spiro atoms. The highest BCUT2D eigenvalue weighted by atomic mass is 32.2. The molecule has 5 rings (SSSR count). The van der Waals surface area contributed by atoms with Crippen molar-refractivity contribution in [1.82, 2.24) is 19.6 Å². The number of carbonyl (C=O) groups excluding carboxylic acids is 2. The maximum atomic E-state index is 13.6.